The van der Waals surface area contributed by atoms with Crippen LogP contribution in [0, 0.1) is 6.92 Å². The molecule has 27 heavy (non-hydrogen) atoms. The fourth-order valence-corrected chi connectivity index (χ4v) is 3.65. The van der Waals surface area contributed by atoms with Crippen molar-refractivity contribution < 1.29 is 4.79 Å². The minimum atomic E-state index is 0.102. The van der Waals surface area contributed by atoms with Gasteiger partial charge < -0.3 is 9.80 Å². The van der Waals surface area contributed by atoms with E-state index in [-0.39, 0.29) is 11.9 Å². The molecule has 1 atom stereocenters. The van der Waals surface area contributed by atoms with Crippen LogP contribution in [0.5, 0.6) is 0 Å². The summed E-state index contributed by atoms with van der Waals surface area (Å²) in [6.07, 6.45) is 1.96. The molecule has 0 aliphatic carbocycles. The van der Waals surface area contributed by atoms with Crippen molar-refractivity contribution in [3.8, 4) is 0 Å². The number of aryl methyl sites for hydroxylation is 1. The van der Waals surface area contributed by atoms with E-state index in [2.05, 4.69) is 27.1 Å². The predicted molar refractivity (Wildman–Crippen MR) is 104 cm³/mol. The lowest BCUT2D eigenvalue weighted by Crippen LogP contribution is -2.54. The molecule has 0 N–H and O–H groups in total. The molecule has 3 heterocycles. The molecule has 1 fully saturated rings. The number of benzene rings is 1. The third-order valence-electron chi connectivity index (χ3n) is 5.01. The monoisotopic (exact) mass is 384 g/mol. The first-order chi connectivity index (χ1) is 13.0. The number of carbonyl (C=O) groups is 1. The molecular formula is C19H21ClN6O. The summed E-state index contributed by atoms with van der Waals surface area (Å²) in [5.41, 5.74) is 2.69. The van der Waals surface area contributed by atoms with E-state index in [1.54, 1.807) is 10.8 Å². The average Bonchev–Trinajstić information content (AvgIpc) is 3.12. The third kappa shape index (κ3) is 3.60. The second-order valence-electron chi connectivity index (χ2n) is 6.97. The van der Waals surface area contributed by atoms with Crippen LogP contribution < -0.4 is 4.90 Å². The smallest absolute Gasteiger partial charge is 0.227 e. The zero-order chi connectivity index (χ0) is 19.0. The highest BCUT2D eigenvalue weighted by molar-refractivity contribution is 6.31. The van der Waals surface area contributed by atoms with Gasteiger partial charge in [-0.2, -0.15) is 4.52 Å². The summed E-state index contributed by atoms with van der Waals surface area (Å²) in [7, 11) is 0. The Bertz CT molecular complexity index is 987. The predicted octanol–water partition coefficient (Wildman–Crippen LogP) is 2.37. The number of fused-ring (bicyclic) bond motifs is 1. The van der Waals surface area contributed by atoms with E-state index in [4.69, 9.17) is 11.6 Å². The quantitative estimate of drug-likeness (QED) is 0.693. The Labute approximate surface area is 162 Å². The number of carbonyl (C=O) groups excluding carboxylic acids is 1. The van der Waals surface area contributed by atoms with Gasteiger partial charge in [0, 0.05) is 30.7 Å². The molecule has 2 aromatic heterocycles. The molecule has 1 unspecified atom stereocenters. The van der Waals surface area contributed by atoms with Gasteiger partial charge in [-0.05, 0) is 43.2 Å². The van der Waals surface area contributed by atoms with Gasteiger partial charge in [0.1, 0.15) is 12.1 Å². The number of halogens is 1. The lowest BCUT2D eigenvalue weighted by molar-refractivity contribution is -0.132. The molecule has 1 amide bonds. The van der Waals surface area contributed by atoms with Crippen LogP contribution in [0.2, 0.25) is 5.02 Å². The highest BCUT2D eigenvalue weighted by atomic mass is 35.5. The van der Waals surface area contributed by atoms with Crippen LogP contribution in [0.15, 0.2) is 36.7 Å². The summed E-state index contributed by atoms with van der Waals surface area (Å²) in [6.45, 7) is 6.18. The number of anilines is 1. The highest BCUT2D eigenvalue weighted by Gasteiger charge is 2.28. The molecule has 3 aromatic rings. The molecule has 0 radical (unpaired) electrons. The van der Waals surface area contributed by atoms with Gasteiger partial charge in [0.2, 0.25) is 5.91 Å². The van der Waals surface area contributed by atoms with Gasteiger partial charge in [-0.15, -0.1) is 15.3 Å². The maximum Gasteiger partial charge on any atom is 0.227 e. The fraction of sp³-hybridized carbons (Fsp3) is 0.368. The van der Waals surface area contributed by atoms with Crippen molar-refractivity contribution in [2.75, 3.05) is 24.5 Å². The van der Waals surface area contributed by atoms with Crippen molar-refractivity contribution in [2.24, 2.45) is 0 Å². The Balaban J connectivity index is 1.43. The Hall–Kier alpha value is -2.67. The largest absolute Gasteiger partial charge is 0.351 e. The average molecular weight is 385 g/mol. The summed E-state index contributed by atoms with van der Waals surface area (Å²) in [6, 6.07) is 9.76. The van der Waals surface area contributed by atoms with E-state index >= 15 is 0 Å². The molecule has 0 bridgehead atoms. The molecule has 1 aromatic carbocycles. The molecule has 1 aliphatic rings. The molecule has 0 spiro atoms. The van der Waals surface area contributed by atoms with E-state index in [1.165, 1.54) is 0 Å². The minimum absolute atomic E-state index is 0.102. The maximum absolute atomic E-state index is 12.8. The van der Waals surface area contributed by atoms with Crippen LogP contribution in [-0.2, 0) is 11.2 Å². The van der Waals surface area contributed by atoms with Gasteiger partial charge >= 0.3 is 0 Å². The molecule has 1 saturated heterocycles. The van der Waals surface area contributed by atoms with E-state index in [9.17, 15) is 4.79 Å². The molecule has 7 nitrogen and oxygen atoms in total. The minimum Gasteiger partial charge on any atom is -0.351 e. The number of rotatable bonds is 3. The first kappa shape index (κ1) is 17.7. The molecule has 8 heteroatoms. The molecule has 140 valence electrons. The van der Waals surface area contributed by atoms with Gasteiger partial charge in [-0.25, -0.2) is 0 Å². The van der Waals surface area contributed by atoms with Crippen molar-refractivity contribution in [2.45, 2.75) is 26.3 Å². The summed E-state index contributed by atoms with van der Waals surface area (Å²) in [4.78, 5) is 16.9. The van der Waals surface area contributed by atoms with E-state index in [0.717, 1.165) is 35.7 Å². The van der Waals surface area contributed by atoms with Crippen LogP contribution in [0.3, 0.4) is 0 Å². The van der Waals surface area contributed by atoms with Crippen molar-refractivity contribution >= 4 is 29.0 Å². The zero-order valence-electron chi connectivity index (χ0n) is 15.3. The normalized spacial score (nSPS) is 17.5. The van der Waals surface area contributed by atoms with Gasteiger partial charge in [0.25, 0.3) is 0 Å². The second kappa shape index (κ2) is 7.15. The highest BCUT2D eigenvalue weighted by Crippen LogP contribution is 2.20. The molecule has 4 rings (SSSR count). The first-order valence-electron chi connectivity index (χ1n) is 8.98. The van der Waals surface area contributed by atoms with Gasteiger partial charge in [0.05, 0.1) is 6.42 Å². The van der Waals surface area contributed by atoms with Crippen LogP contribution >= 0.6 is 11.6 Å². The molecular weight excluding hydrogens is 364 g/mol. The van der Waals surface area contributed by atoms with Gasteiger partial charge in [-0.3, -0.25) is 4.79 Å². The van der Waals surface area contributed by atoms with Crippen LogP contribution in [0.1, 0.15) is 18.1 Å². The van der Waals surface area contributed by atoms with E-state index in [1.807, 2.05) is 42.2 Å². The van der Waals surface area contributed by atoms with Crippen molar-refractivity contribution in [3.63, 3.8) is 0 Å². The number of aromatic nitrogens is 4. The SMILES string of the molecule is Cc1ccc(CC(=O)N2CCN(c3ccc4nncn4n3)CC2C)cc1Cl. The van der Waals surface area contributed by atoms with Crippen LogP contribution in [-0.4, -0.2) is 56.3 Å². The number of amides is 1. The lowest BCUT2D eigenvalue weighted by atomic mass is 10.1. The Morgan fingerprint density at radius 3 is 2.89 bits per heavy atom. The Morgan fingerprint density at radius 1 is 1.26 bits per heavy atom. The van der Waals surface area contributed by atoms with Gasteiger partial charge in [-0.1, -0.05) is 23.7 Å². The summed E-state index contributed by atoms with van der Waals surface area (Å²) in [5.74, 6) is 0.996. The van der Waals surface area contributed by atoms with Crippen molar-refractivity contribution in [1.29, 1.82) is 0 Å². The standard InChI is InChI=1S/C19H21ClN6O/c1-13-3-4-15(9-16(13)20)10-19(27)25-8-7-24(11-14(25)2)18-6-5-17-22-21-12-26(17)23-18/h3-6,9,12,14H,7-8,10-11H2,1-2H3. The first-order valence-corrected chi connectivity index (χ1v) is 9.35. The van der Waals surface area contributed by atoms with E-state index in [0.29, 0.717) is 18.0 Å². The zero-order valence-corrected chi connectivity index (χ0v) is 16.1. The number of piperazine rings is 1. The Kier molecular flexibility index (Phi) is 4.70. The van der Waals surface area contributed by atoms with Crippen molar-refractivity contribution in [1.82, 2.24) is 24.7 Å². The summed E-state index contributed by atoms with van der Waals surface area (Å²) in [5, 5.41) is 13.1. The van der Waals surface area contributed by atoms with E-state index < -0.39 is 0 Å². The molecule has 1 aliphatic heterocycles. The summed E-state index contributed by atoms with van der Waals surface area (Å²) < 4.78 is 1.67. The second-order valence-corrected chi connectivity index (χ2v) is 7.37. The maximum atomic E-state index is 12.8. The third-order valence-corrected chi connectivity index (χ3v) is 5.42. The van der Waals surface area contributed by atoms with Crippen LogP contribution in [0.4, 0.5) is 5.82 Å². The lowest BCUT2D eigenvalue weighted by Gasteiger charge is -2.40. The van der Waals surface area contributed by atoms with Crippen LogP contribution in [0.25, 0.3) is 5.65 Å². The van der Waals surface area contributed by atoms with Gasteiger partial charge in [0.15, 0.2) is 5.65 Å². The topological polar surface area (TPSA) is 66.6 Å². The number of nitrogens with zero attached hydrogens (tertiary/aromatic N) is 6. The Morgan fingerprint density at radius 2 is 2.11 bits per heavy atom. The summed E-state index contributed by atoms with van der Waals surface area (Å²) >= 11 is 6.18. The fourth-order valence-electron chi connectivity index (χ4n) is 3.45. The van der Waals surface area contributed by atoms with Crippen molar-refractivity contribution in [3.05, 3.63) is 52.8 Å². The number of hydrogen-bond donors (Lipinski definition) is 0. The molecule has 0 saturated carbocycles. The number of hydrogen-bond acceptors (Lipinski definition) is 5.